The van der Waals surface area contributed by atoms with Gasteiger partial charge in [-0.15, -0.1) is 11.3 Å². The monoisotopic (exact) mass is 621 g/mol. The van der Waals surface area contributed by atoms with Gasteiger partial charge in [0.05, 0.1) is 26.4 Å². The van der Waals surface area contributed by atoms with Crippen molar-refractivity contribution in [3.8, 4) is 10.6 Å². The number of anilines is 1. The first kappa shape index (κ1) is 29.7. The highest BCUT2D eigenvalue weighted by atomic mass is 35.5. The van der Waals surface area contributed by atoms with Crippen molar-refractivity contribution in [2.45, 2.75) is 37.1 Å². The van der Waals surface area contributed by atoms with Crippen LogP contribution in [0.25, 0.3) is 10.6 Å². The third-order valence-corrected chi connectivity index (χ3v) is 10.3. The summed E-state index contributed by atoms with van der Waals surface area (Å²) in [6.45, 7) is 4.70. The quantitative estimate of drug-likeness (QED) is 0.353. The molecule has 14 heteroatoms. The van der Waals surface area contributed by atoms with E-state index in [1.165, 1.54) is 17.4 Å². The number of hydrogen-bond acceptors (Lipinski definition) is 9. The van der Waals surface area contributed by atoms with Gasteiger partial charge in [0.15, 0.2) is 5.76 Å². The van der Waals surface area contributed by atoms with Crippen molar-refractivity contribution in [2.24, 2.45) is 0 Å². The number of hydrogen-bond donors (Lipinski definition) is 2. The number of halogens is 1. The predicted octanol–water partition coefficient (Wildman–Crippen LogP) is 2.52. The van der Waals surface area contributed by atoms with Crippen LogP contribution in [0.1, 0.15) is 24.1 Å². The minimum atomic E-state index is -4.18. The molecule has 0 radical (unpaired) electrons. The second-order valence-electron chi connectivity index (χ2n) is 10.1. The molecule has 0 aliphatic carbocycles. The zero-order valence-corrected chi connectivity index (χ0v) is 25.0. The van der Waals surface area contributed by atoms with Crippen molar-refractivity contribution < 1.29 is 27.6 Å². The standard InChI is InChI=1S/C27H32ClN5O6S2/c1-18-21(33-9-3-6-26(33)35)4-2-5-24(18)41(37,38)30-20(27(36)32-12-10-31(11-13-32)14-15-34)16-19-17-22(39-29-19)23-7-8-25(28)40-23/h2,4-5,7-8,17,20,30,34H,3,6,9-16H2,1H3/t20-/m0/s1. The third-order valence-electron chi connectivity index (χ3n) is 7.39. The maximum absolute atomic E-state index is 13.8. The number of piperazine rings is 1. The number of nitrogens with one attached hydrogen (secondary N) is 1. The van der Waals surface area contributed by atoms with Gasteiger partial charge in [0, 0.05) is 63.9 Å². The van der Waals surface area contributed by atoms with Gasteiger partial charge < -0.3 is 19.4 Å². The number of aliphatic hydroxyl groups excluding tert-OH is 1. The van der Waals surface area contributed by atoms with E-state index in [0.717, 1.165) is 4.88 Å². The Hall–Kier alpha value is -2.81. The van der Waals surface area contributed by atoms with E-state index < -0.39 is 16.1 Å². The van der Waals surface area contributed by atoms with Gasteiger partial charge in [0.2, 0.25) is 21.8 Å². The molecule has 1 aromatic carbocycles. The molecule has 220 valence electrons. The molecule has 2 aliphatic heterocycles. The smallest absolute Gasteiger partial charge is 0.241 e. The molecule has 0 bridgehead atoms. The normalized spacial score (nSPS) is 17.4. The number of benzene rings is 1. The lowest BCUT2D eigenvalue weighted by Crippen LogP contribution is -2.55. The fraction of sp³-hybridized carbons (Fsp3) is 0.444. The Kier molecular flexibility index (Phi) is 9.12. The lowest BCUT2D eigenvalue weighted by Gasteiger charge is -2.36. The van der Waals surface area contributed by atoms with Crippen LogP contribution in [0, 0.1) is 6.92 Å². The number of aromatic nitrogens is 1. The molecule has 2 aliphatic rings. The first-order chi connectivity index (χ1) is 19.7. The summed E-state index contributed by atoms with van der Waals surface area (Å²) in [5.41, 5.74) is 1.41. The number of nitrogens with zero attached hydrogens (tertiary/aromatic N) is 4. The number of rotatable bonds is 10. The van der Waals surface area contributed by atoms with E-state index in [2.05, 4.69) is 9.88 Å². The third kappa shape index (κ3) is 6.65. The zero-order chi connectivity index (χ0) is 29.1. The Bertz CT molecular complexity index is 1520. The fourth-order valence-electron chi connectivity index (χ4n) is 5.25. The van der Waals surface area contributed by atoms with Gasteiger partial charge in [-0.25, -0.2) is 8.42 Å². The average molecular weight is 622 g/mol. The molecule has 41 heavy (non-hydrogen) atoms. The number of thiophene rings is 1. The Morgan fingerprint density at radius 2 is 1.98 bits per heavy atom. The zero-order valence-electron chi connectivity index (χ0n) is 22.6. The molecule has 4 heterocycles. The second-order valence-corrected chi connectivity index (χ2v) is 13.5. The van der Waals surface area contributed by atoms with Crippen LogP contribution in [0.5, 0.6) is 0 Å². The number of amides is 2. The van der Waals surface area contributed by atoms with Crippen molar-refractivity contribution >= 4 is 50.5 Å². The molecule has 2 amide bonds. The highest BCUT2D eigenvalue weighted by Crippen LogP contribution is 2.32. The van der Waals surface area contributed by atoms with Gasteiger partial charge in [-0.1, -0.05) is 22.8 Å². The summed E-state index contributed by atoms with van der Waals surface area (Å²) in [7, 11) is -4.18. The first-order valence-electron chi connectivity index (χ1n) is 13.4. The highest BCUT2D eigenvalue weighted by Gasteiger charge is 2.34. The van der Waals surface area contributed by atoms with Crippen LogP contribution in [0.4, 0.5) is 5.69 Å². The molecule has 2 saturated heterocycles. The van der Waals surface area contributed by atoms with Gasteiger partial charge >= 0.3 is 0 Å². The van der Waals surface area contributed by atoms with Crippen LogP contribution < -0.4 is 9.62 Å². The molecule has 0 spiro atoms. The fourth-order valence-corrected chi connectivity index (χ4v) is 7.70. The summed E-state index contributed by atoms with van der Waals surface area (Å²) >= 11 is 7.38. The average Bonchev–Trinajstić information content (AvgIpc) is 3.70. The summed E-state index contributed by atoms with van der Waals surface area (Å²) in [6.07, 6.45) is 1.11. The Morgan fingerprint density at radius 3 is 2.63 bits per heavy atom. The van der Waals surface area contributed by atoms with Gasteiger partial charge in [0.25, 0.3) is 0 Å². The van der Waals surface area contributed by atoms with Crippen LogP contribution in [0.3, 0.4) is 0 Å². The second kappa shape index (κ2) is 12.6. The minimum Gasteiger partial charge on any atom is -0.395 e. The topological polar surface area (TPSA) is 136 Å². The van der Waals surface area contributed by atoms with E-state index in [0.29, 0.717) is 79.2 Å². The SMILES string of the molecule is Cc1c(N2CCCC2=O)cccc1S(=O)(=O)N[C@@H](Cc1cc(-c2ccc(Cl)s2)on1)C(=O)N1CCN(CCO)CC1. The lowest BCUT2D eigenvalue weighted by atomic mass is 10.1. The van der Waals surface area contributed by atoms with Crippen LogP contribution in [0.15, 0.2) is 45.8 Å². The van der Waals surface area contributed by atoms with E-state index in [-0.39, 0.29) is 29.7 Å². The van der Waals surface area contributed by atoms with Crippen LogP contribution in [-0.4, -0.2) is 92.2 Å². The van der Waals surface area contributed by atoms with E-state index in [1.54, 1.807) is 47.1 Å². The summed E-state index contributed by atoms with van der Waals surface area (Å²) in [5, 5.41) is 13.4. The lowest BCUT2D eigenvalue weighted by molar-refractivity contribution is -0.134. The van der Waals surface area contributed by atoms with Crippen molar-refractivity contribution in [1.29, 1.82) is 0 Å². The largest absolute Gasteiger partial charge is 0.395 e. The molecule has 0 unspecified atom stereocenters. The summed E-state index contributed by atoms with van der Waals surface area (Å²) < 4.78 is 36.3. The van der Waals surface area contributed by atoms with Gasteiger partial charge in [0.1, 0.15) is 6.04 Å². The van der Waals surface area contributed by atoms with Gasteiger partial charge in [-0.3, -0.25) is 14.5 Å². The van der Waals surface area contributed by atoms with Crippen molar-refractivity contribution in [3.05, 3.63) is 52.0 Å². The van der Waals surface area contributed by atoms with E-state index in [9.17, 15) is 23.1 Å². The Morgan fingerprint density at radius 1 is 1.20 bits per heavy atom. The maximum atomic E-state index is 13.8. The molecule has 5 rings (SSSR count). The molecule has 2 fully saturated rings. The van der Waals surface area contributed by atoms with Gasteiger partial charge in [-0.05, 0) is 43.2 Å². The first-order valence-corrected chi connectivity index (χ1v) is 16.1. The molecule has 2 N–H and O–H groups in total. The number of carbonyl (C=O) groups excluding carboxylic acids is 2. The summed E-state index contributed by atoms with van der Waals surface area (Å²) in [5.74, 6) is 0.0599. The molecule has 0 saturated carbocycles. The number of aliphatic hydroxyl groups is 1. The van der Waals surface area contributed by atoms with Crippen molar-refractivity contribution in [2.75, 3.05) is 50.8 Å². The van der Waals surface area contributed by atoms with Crippen molar-refractivity contribution in [1.82, 2.24) is 19.7 Å². The predicted molar refractivity (Wildman–Crippen MR) is 156 cm³/mol. The molecular weight excluding hydrogens is 590 g/mol. The van der Waals surface area contributed by atoms with Crippen LogP contribution in [0.2, 0.25) is 4.34 Å². The minimum absolute atomic E-state index is 0.00864. The molecular formula is C27H32ClN5O6S2. The molecule has 3 aromatic rings. The van der Waals surface area contributed by atoms with Gasteiger partial charge in [-0.2, -0.15) is 4.72 Å². The molecule has 2 aromatic heterocycles. The number of β-amino-alcohol motifs (C(OH)–C–C–N with tert-alkyl or cyclic N) is 1. The molecule has 11 nitrogen and oxygen atoms in total. The maximum Gasteiger partial charge on any atom is 0.241 e. The van der Waals surface area contributed by atoms with E-state index in [1.807, 2.05) is 4.90 Å². The van der Waals surface area contributed by atoms with E-state index in [4.69, 9.17) is 16.1 Å². The number of sulfonamides is 1. The molecule has 1 atom stereocenters. The van der Waals surface area contributed by atoms with Crippen molar-refractivity contribution in [3.63, 3.8) is 0 Å². The summed E-state index contributed by atoms with van der Waals surface area (Å²) in [4.78, 5) is 32.2. The highest BCUT2D eigenvalue weighted by molar-refractivity contribution is 7.89. The Labute approximate surface area is 247 Å². The van der Waals surface area contributed by atoms with Crippen LogP contribution >= 0.6 is 22.9 Å². The number of carbonyl (C=O) groups is 2. The van der Waals surface area contributed by atoms with Crippen LogP contribution in [-0.2, 0) is 26.0 Å². The summed E-state index contributed by atoms with van der Waals surface area (Å²) in [6, 6.07) is 8.90. The Balaban J connectivity index is 1.41. The van der Waals surface area contributed by atoms with E-state index >= 15 is 0 Å².